The first-order valence-electron chi connectivity index (χ1n) is 4.18. The van der Waals surface area contributed by atoms with Gasteiger partial charge in [-0.1, -0.05) is 6.07 Å². The highest BCUT2D eigenvalue weighted by Gasteiger charge is 1.98. The van der Waals surface area contributed by atoms with Crippen molar-refractivity contribution in [1.29, 1.82) is 0 Å². The van der Waals surface area contributed by atoms with E-state index in [1.54, 1.807) is 12.1 Å². The average Bonchev–Trinajstić information content (AvgIpc) is 2.19. The molecular weight excluding hydrogens is 242 g/mol. The fourth-order valence-electron chi connectivity index (χ4n) is 1.20. The summed E-state index contributed by atoms with van der Waals surface area (Å²) in [6.45, 7) is 0. The van der Waals surface area contributed by atoms with Crippen LogP contribution < -0.4 is 0 Å². The molecule has 0 amide bonds. The first kappa shape index (κ1) is 9.21. The Balaban J connectivity index is 2.44. The molecule has 0 spiro atoms. The van der Waals surface area contributed by atoms with E-state index < -0.39 is 0 Å². The van der Waals surface area contributed by atoms with Crippen molar-refractivity contribution < 1.29 is 5.11 Å². The van der Waals surface area contributed by atoms with Gasteiger partial charge in [0.05, 0.1) is 5.69 Å². The summed E-state index contributed by atoms with van der Waals surface area (Å²) in [7, 11) is 0. The summed E-state index contributed by atoms with van der Waals surface area (Å²) < 4.78 is 0.808. The van der Waals surface area contributed by atoms with Gasteiger partial charge in [0.1, 0.15) is 10.4 Å². The van der Waals surface area contributed by atoms with Gasteiger partial charge in [0.25, 0.3) is 0 Å². The zero-order valence-corrected chi connectivity index (χ0v) is 8.90. The lowest BCUT2D eigenvalue weighted by Gasteiger charge is -2.00. The summed E-state index contributed by atoms with van der Waals surface area (Å²) in [5.74, 6) is 0.267. The number of aromatic nitrogens is 1. The monoisotopic (exact) mass is 249 g/mol. The van der Waals surface area contributed by atoms with Crippen molar-refractivity contribution in [3.05, 3.63) is 47.1 Å². The highest BCUT2D eigenvalue weighted by Crippen LogP contribution is 2.21. The lowest BCUT2D eigenvalue weighted by molar-refractivity contribution is 0.475. The number of pyridine rings is 1. The van der Waals surface area contributed by atoms with E-state index in [9.17, 15) is 0 Å². The number of phenolic OH excluding ortho intramolecular Hbond substituents is 1. The van der Waals surface area contributed by atoms with Crippen LogP contribution >= 0.6 is 15.9 Å². The third-order valence-corrected chi connectivity index (χ3v) is 2.32. The molecule has 0 unspecified atom stereocenters. The number of hydrogen-bond acceptors (Lipinski definition) is 2. The van der Waals surface area contributed by atoms with Crippen LogP contribution in [0.3, 0.4) is 0 Å². The number of benzene rings is 1. The third-order valence-electron chi connectivity index (χ3n) is 1.88. The van der Waals surface area contributed by atoms with Gasteiger partial charge in [-0.05, 0) is 52.3 Å². The second-order valence-corrected chi connectivity index (χ2v) is 3.70. The van der Waals surface area contributed by atoms with Gasteiger partial charge in [-0.2, -0.15) is 0 Å². The van der Waals surface area contributed by atoms with E-state index in [0.29, 0.717) is 0 Å². The van der Waals surface area contributed by atoms with Crippen LogP contribution in [-0.4, -0.2) is 10.1 Å². The lowest BCUT2D eigenvalue weighted by atomic mass is 10.1. The zero-order chi connectivity index (χ0) is 9.97. The van der Waals surface area contributed by atoms with Crippen LogP contribution in [0.25, 0.3) is 11.3 Å². The zero-order valence-electron chi connectivity index (χ0n) is 7.31. The number of phenols is 1. The smallest absolute Gasteiger partial charge is 0.115 e. The van der Waals surface area contributed by atoms with Crippen molar-refractivity contribution in [3.8, 4) is 17.0 Å². The molecular formula is C11H8BrNO. The van der Waals surface area contributed by atoms with Crippen molar-refractivity contribution in [1.82, 2.24) is 4.98 Å². The van der Waals surface area contributed by atoms with E-state index in [4.69, 9.17) is 5.11 Å². The van der Waals surface area contributed by atoms with E-state index in [1.807, 2.05) is 30.3 Å². The third kappa shape index (κ3) is 1.93. The Bertz CT molecular complexity index is 439. The molecule has 0 saturated carbocycles. The highest BCUT2D eigenvalue weighted by molar-refractivity contribution is 9.10. The molecule has 1 N–H and O–H groups in total. The Morgan fingerprint density at radius 1 is 1.00 bits per heavy atom. The maximum absolute atomic E-state index is 9.13. The molecule has 0 aliphatic heterocycles. The fourth-order valence-corrected chi connectivity index (χ4v) is 1.54. The Morgan fingerprint density at radius 2 is 1.71 bits per heavy atom. The lowest BCUT2D eigenvalue weighted by Crippen LogP contribution is -1.82. The first-order valence-corrected chi connectivity index (χ1v) is 4.97. The van der Waals surface area contributed by atoms with Crippen molar-refractivity contribution in [2.24, 2.45) is 0 Å². The van der Waals surface area contributed by atoms with Crippen LogP contribution in [0.15, 0.2) is 47.1 Å². The van der Waals surface area contributed by atoms with Gasteiger partial charge in [0, 0.05) is 5.56 Å². The Hall–Kier alpha value is -1.35. The van der Waals surface area contributed by atoms with Crippen LogP contribution in [0, 0.1) is 0 Å². The summed E-state index contributed by atoms with van der Waals surface area (Å²) >= 11 is 3.31. The maximum Gasteiger partial charge on any atom is 0.115 e. The van der Waals surface area contributed by atoms with Gasteiger partial charge in [-0.15, -0.1) is 0 Å². The predicted molar refractivity (Wildman–Crippen MR) is 59.0 cm³/mol. The van der Waals surface area contributed by atoms with E-state index >= 15 is 0 Å². The van der Waals surface area contributed by atoms with E-state index in [1.165, 1.54) is 0 Å². The molecule has 0 aliphatic carbocycles. The average molecular weight is 250 g/mol. The minimum atomic E-state index is 0.267. The predicted octanol–water partition coefficient (Wildman–Crippen LogP) is 3.22. The van der Waals surface area contributed by atoms with E-state index in [2.05, 4.69) is 20.9 Å². The summed E-state index contributed by atoms with van der Waals surface area (Å²) in [5.41, 5.74) is 1.88. The van der Waals surface area contributed by atoms with Gasteiger partial charge in [0.2, 0.25) is 0 Å². The van der Waals surface area contributed by atoms with Gasteiger partial charge < -0.3 is 5.11 Å². The van der Waals surface area contributed by atoms with Gasteiger partial charge in [-0.3, -0.25) is 0 Å². The minimum Gasteiger partial charge on any atom is -0.508 e. The molecule has 3 heteroatoms. The molecule has 2 rings (SSSR count). The Labute approximate surface area is 90.4 Å². The minimum absolute atomic E-state index is 0.267. The summed E-state index contributed by atoms with van der Waals surface area (Å²) in [4.78, 5) is 4.31. The number of hydrogen-bond donors (Lipinski definition) is 1. The number of aromatic hydroxyl groups is 1. The largest absolute Gasteiger partial charge is 0.508 e. The molecule has 0 fully saturated rings. The molecule has 14 heavy (non-hydrogen) atoms. The molecule has 70 valence electrons. The standard InChI is InChI=1S/C11H8BrNO/c12-11-3-1-2-10(13-11)8-4-6-9(14)7-5-8/h1-7,14H. The molecule has 0 radical (unpaired) electrons. The molecule has 1 aromatic heterocycles. The highest BCUT2D eigenvalue weighted by atomic mass is 79.9. The topological polar surface area (TPSA) is 33.1 Å². The molecule has 1 aromatic carbocycles. The van der Waals surface area contributed by atoms with Crippen LogP contribution in [0.5, 0.6) is 5.75 Å². The van der Waals surface area contributed by atoms with Gasteiger partial charge >= 0.3 is 0 Å². The molecule has 2 nitrogen and oxygen atoms in total. The van der Waals surface area contributed by atoms with Crippen LogP contribution in [-0.2, 0) is 0 Å². The second-order valence-electron chi connectivity index (χ2n) is 2.89. The van der Waals surface area contributed by atoms with E-state index in [-0.39, 0.29) is 5.75 Å². The first-order chi connectivity index (χ1) is 6.75. The SMILES string of the molecule is Oc1ccc(-c2cccc(Br)n2)cc1. The summed E-state index contributed by atoms with van der Waals surface area (Å²) in [6.07, 6.45) is 0. The van der Waals surface area contributed by atoms with Gasteiger partial charge in [0.15, 0.2) is 0 Å². The molecule has 0 saturated heterocycles. The molecule has 0 aliphatic rings. The normalized spacial score (nSPS) is 10.1. The molecule has 2 aromatic rings. The van der Waals surface area contributed by atoms with Crippen molar-refractivity contribution in [3.63, 3.8) is 0 Å². The summed E-state index contributed by atoms with van der Waals surface area (Å²) in [6, 6.07) is 12.7. The van der Waals surface area contributed by atoms with Crippen molar-refractivity contribution >= 4 is 15.9 Å². The van der Waals surface area contributed by atoms with Crippen molar-refractivity contribution in [2.45, 2.75) is 0 Å². The molecule has 0 atom stereocenters. The quantitative estimate of drug-likeness (QED) is 0.788. The van der Waals surface area contributed by atoms with Gasteiger partial charge in [-0.25, -0.2) is 4.98 Å². The fraction of sp³-hybridized carbons (Fsp3) is 0. The number of halogens is 1. The van der Waals surface area contributed by atoms with Crippen LogP contribution in [0.4, 0.5) is 0 Å². The maximum atomic E-state index is 9.13. The van der Waals surface area contributed by atoms with Crippen molar-refractivity contribution in [2.75, 3.05) is 0 Å². The summed E-state index contributed by atoms with van der Waals surface area (Å²) in [5, 5.41) is 9.13. The molecule has 1 heterocycles. The molecule has 0 bridgehead atoms. The Morgan fingerprint density at radius 3 is 2.36 bits per heavy atom. The Kier molecular flexibility index (Phi) is 2.50. The number of rotatable bonds is 1. The second kappa shape index (κ2) is 3.80. The van der Waals surface area contributed by atoms with Crippen LogP contribution in [0.1, 0.15) is 0 Å². The van der Waals surface area contributed by atoms with E-state index in [0.717, 1.165) is 15.9 Å². The number of nitrogens with zero attached hydrogens (tertiary/aromatic N) is 1. The van der Waals surface area contributed by atoms with Crippen LogP contribution in [0.2, 0.25) is 0 Å².